The molecule has 0 saturated heterocycles. The third-order valence-electron chi connectivity index (χ3n) is 4.47. The molecule has 0 heterocycles. The molecule has 0 bridgehead atoms. The molecular weight excluding hydrogens is 266 g/mol. The number of benzene rings is 1. The van der Waals surface area contributed by atoms with Crippen molar-refractivity contribution in [1.82, 2.24) is 5.32 Å². The average Bonchev–Trinajstić information content (AvgIpc) is 2.53. The van der Waals surface area contributed by atoms with Crippen molar-refractivity contribution < 1.29 is 14.2 Å². The molecule has 1 N–H and O–H groups in total. The fourth-order valence-corrected chi connectivity index (χ4v) is 3.10. The molecule has 118 valence electrons. The lowest BCUT2D eigenvalue weighted by Gasteiger charge is -2.30. The lowest BCUT2D eigenvalue weighted by atomic mass is 9.86. The SMILES string of the molecule is COc1cc(OC)c(CNC2CCCCC2C)c(OC)c1. The highest BCUT2D eigenvalue weighted by atomic mass is 16.5. The van der Waals surface area contributed by atoms with Gasteiger partial charge in [0, 0.05) is 24.7 Å². The monoisotopic (exact) mass is 293 g/mol. The Bertz CT molecular complexity index is 436. The van der Waals surface area contributed by atoms with Crippen LogP contribution in [0, 0.1) is 5.92 Å². The van der Waals surface area contributed by atoms with Crippen LogP contribution in [0.5, 0.6) is 17.2 Å². The van der Waals surface area contributed by atoms with E-state index in [1.807, 2.05) is 12.1 Å². The van der Waals surface area contributed by atoms with E-state index in [0.29, 0.717) is 6.04 Å². The van der Waals surface area contributed by atoms with E-state index in [1.165, 1.54) is 25.7 Å². The van der Waals surface area contributed by atoms with Crippen LogP contribution in [0.15, 0.2) is 12.1 Å². The van der Waals surface area contributed by atoms with Crippen molar-refractivity contribution in [2.45, 2.75) is 45.2 Å². The fourth-order valence-electron chi connectivity index (χ4n) is 3.10. The summed E-state index contributed by atoms with van der Waals surface area (Å²) in [6.07, 6.45) is 5.24. The predicted molar refractivity (Wildman–Crippen MR) is 84.4 cm³/mol. The molecule has 0 spiro atoms. The molecule has 1 aliphatic rings. The second-order valence-corrected chi connectivity index (χ2v) is 5.76. The van der Waals surface area contributed by atoms with E-state index < -0.39 is 0 Å². The normalized spacial score (nSPS) is 21.9. The molecule has 1 fully saturated rings. The van der Waals surface area contributed by atoms with Gasteiger partial charge in [-0.2, -0.15) is 0 Å². The zero-order valence-corrected chi connectivity index (χ0v) is 13.6. The third kappa shape index (κ3) is 3.82. The summed E-state index contributed by atoms with van der Waals surface area (Å²) in [6.45, 7) is 3.09. The van der Waals surface area contributed by atoms with Gasteiger partial charge in [-0.05, 0) is 18.8 Å². The van der Waals surface area contributed by atoms with Crippen molar-refractivity contribution >= 4 is 0 Å². The molecule has 4 nitrogen and oxygen atoms in total. The summed E-state index contributed by atoms with van der Waals surface area (Å²) in [5.41, 5.74) is 1.05. The van der Waals surface area contributed by atoms with Crippen LogP contribution in [0.3, 0.4) is 0 Å². The molecule has 21 heavy (non-hydrogen) atoms. The summed E-state index contributed by atoms with van der Waals surface area (Å²) in [5, 5.41) is 3.67. The molecule has 1 saturated carbocycles. The van der Waals surface area contributed by atoms with Crippen LogP contribution in [0.4, 0.5) is 0 Å². The second-order valence-electron chi connectivity index (χ2n) is 5.76. The van der Waals surface area contributed by atoms with E-state index in [0.717, 1.165) is 35.3 Å². The Morgan fingerprint density at radius 1 is 1.00 bits per heavy atom. The Labute approximate surface area is 127 Å². The maximum Gasteiger partial charge on any atom is 0.130 e. The van der Waals surface area contributed by atoms with Gasteiger partial charge in [0.05, 0.1) is 26.9 Å². The minimum absolute atomic E-state index is 0.579. The molecule has 0 amide bonds. The summed E-state index contributed by atoms with van der Waals surface area (Å²) in [4.78, 5) is 0. The largest absolute Gasteiger partial charge is 0.496 e. The zero-order chi connectivity index (χ0) is 15.2. The van der Waals surface area contributed by atoms with Crippen LogP contribution >= 0.6 is 0 Å². The highest BCUT2D eigenvalue weighted by Crippen LogP contribution is 2.34. The van der Waals surface area contributed by atoms with Crippen LogP contribution < -0.4 is 19.5 Å². The first-order valence-corrected chi connectivity index (χ1v) is 7.71. The van der Waals surface area contributed by atoms with Gasteiger partial charge in [-0.25, -0.2) is 0 Å². The Kier molecular flexibility index (Phi) is 5.74. The molecule has 0 radical (unpaired) electrons. The number of hydrogen-bond acceptors (Lipinski definition) is 4. The molecular formula is C17H27NO3. The van der Waals surface area contributed by atoms with Crippen LogP contribution in [-0.4, -0.2) is 27.4 Å². The fraction of sp³-hybridized carbons (Fsp3) is 0.647. The molecule has 0 aromatic heterocycles. The van der Waals surface area contributed by atoms with E-state index in [9.17, 15) is 0 Å². The van der Waals surface area contributed by atoms with Gasteiger partial charge in [-0.15, -0.1) is 0 Å². The molecule has 2 unspecified atom stereocenters. The molecule has 2 atom stereocenters. The highest BCUT2D eigenvalue weighted by Gasteiger charge is 2.22. The first-order chi connectivity index (χ1) is 10.2. The van der Waals surface area contributed by atoms with E-state index in [-0.39, 0.29) is 0 Å². The van der Waals surface area contributed by atoms with Crippen molar-refractivity contribution in [3.8, 4) is 17.2 Å². The van der Waals surface area contributed by atoms with E-state index >= 15 is 0 Å². The lowest BCUT2D eigenvalue weighted by molar-refractivity contribution is 0.276. The van der Waals surface area contributed by atoms with Gasteiger partial charge in [0.1, 0.15) is 17.2 Å². The Morgan fingerprint density at radius 2 is 1.62 bits per heavy atom. The van der Waals surface area contributed by atoms with Crippen molar-refractivity contribution in [1.29, 1.82) is 0 Å². The molecule has 0 aliphatic heterocycles. The van der Waals surface area contributed by atoms with Gasteiger partial charge in [0.2, 0.25) is 0 Å². The van der Waals surface area contributed by atoms with Gasteiger partial charge < -0.3 is 19.5 Å². The Balaban J connectivity index is 2.14. The molecule has 1 aromatic rings. The summed E-state index contributed by atoms with van der Waals surface area (Å²) < 4.78 is 16.3. The first-order valence-electron chi connectivity index (χ1n) is 7.71. The van der Waals surface area contributed by atoms with Crippen molar-refractivity contribution in [2.24, 2.45) is 5.92 Å². The van der Waals surface area contributed by atoms with Crippen molar-refractivity contribution in [3.63, 3.8) is 0 Å². The third-order valence-corrected chi connectivity index (χ3v) is 4.47. The highest BCUT2D eigenvalue weighted by molar-refractivity contribution is 5.50. The van der Waals surface area contributed by atoms with Crippen LogP contribution in [0.2, 0.25) is 0 Å². The topological polar surface area (TPSA) is 39.7 Å². The molecule has 2 rings (SSSR count). The molecule has 1 aliphatic carbocycles. The van der Waals surface area contributed by atoms with Crippen LogP contribution in [-0.2, 0) is 6.54 Å². The average molecular weight is 293 g/mol. The van der Waals surface area contributed by atoms with E-state index in [2.05, 4.69) is 12.2 Å². The van der Waals surface area contributed by atoms with E-state index in [1.54, 1.807) is 21.3 Å². The van der Waals surface area contributed by atoms with Crippen molar-refractivity contribution in [2.75, 3.05) is 21.3 Å². The zero-order valence-electron chi connectivity index (χ0n) is 13.6. The summed E-state index contributed by atoms with van der Waals surface area (Å²) in [5.74, 6) is 3.09. The maximum atomic E-state index is 5.50. The van der Waals surface area contributed by atoms with Crippen LogP contribution in [0.25, 0.3) is 0 Å². The van der Waals surface area contributed by atoms with Crippen molar-refractivity contribution in [3.05, 3.63) is 17.7 Å². The number of ether oxygens (including phenoxy) is 3. The standard InChI is InChI=1S/C17H27NO3/c1-12-7-5-6-8-15(12)18-11-14-16(20-3)9-13(19-2)10-17(14)21-4/h9-10,12,15,18H,5-8,11H2,1-4H3. The number of methoxy groups -OCH3 is 3. The Hall–Kier alpha value is -1.42. The smallest absolute Gasteiger partial charge is 0.130 e. The minimum Gasteiger partial charge on any atom is -0.496 e. The van der Waals surface area contributed by atoms with Gasteiger partial charge in [-0.1, -0.05) is 19.8 Å². The lowest BCUT2D eigenvalue weighted by Crippen LogP contribution is -2.36. The maximum absolute atomic E-state index is 5.50. The summed E-state index contributed by atoms with van der Waals surface area (Å²) in [7, 11) is 5.01. The van der Waals surface area contributed by atoms with Crippen LogP contribution in [0.1, 0.15) is 38.2 Å². The van der Waals surface area contributed by atoms with Gasteiger partial charge in [0.15, 0.2) is 0 Å². The number of nitrogens with one attached hydrogen (secondary N) is 1. The van der Waals surface area contributed by atoms with Gasteiger partial charge in [-0.3, -0.25) is 0 Å². The van der Waals surface area contributed by atoms with E-state index in [4.69, 9.17) is 14.2 Å². The molecule has 1 aromatic carbocycles. The minimum atomic E-state index is 0.579. The Morgan fingerprint density at radius 3 is 2.14 bits per heavy atom. The first kappa shape index (κ1) is 16.0. The second kappa shape index (κ2) is 7.55. The molecule has 4 heteroatoms. The number of rotatable bonds is 6. The predicted octanol–water partition coefficient (Wildman–Crippen LogP) is 3.38. The number of hydrogen-bond donors (Lipinski definition) is 1. The quantitative estimate of drug-likeness (QED) is 0.873. The summed E-state index contributed by atoms with van der Waals surface area (Å²) >= 11 is 0. The summed E-state index contributed by atoms with van der Waals surface area (Å²) in [6, 6.07) is 4.39. The van der Waals surface area contributed by atoms with Gasteiger partial charge in [0.25, 0.3) is 0 Å². The van der Waals surface area contributed by atoms with Gasteiger partial charge >= 0.3 is 0 Å².